The Bertz CT molecular complexity index is 1900. The zero-order chi connectivity index (χ0) is 35.0. The molecule has 0 bridgehead atoms. The molecule has 0 aliphatic heterocycles. The van der Waals surface area contributed by atoms with Gasteiger partial charge in [-0.3, -0.25) is 23.5 Å². The van der Waals surface area contributed by atoms with Gasteiger partial charge in [-0.2, -0.15) is 4.90 Å². The maximum Gasteiger partial charge on any atom is 0.425 e. The lowest BCUT2D eigenvalue weighted by Crippen LogP contribution is -2.44. The lowest BCUT2D eigenvalue weighted by atomic mass is 10.2. The van der Waals surface area contributed by atoms with E-state index >= 15 is 0 Å². The summed E-state index contributed by atoms with van der Waals surface area (Å²) in [5.74, 6) is -1.47. The van der Waals surface area contributed by atoms with Gasteiger partial charge in [-0.15, -0.1) is 0 Å². The van der Waals surface area contributed by atoms with Gasteiger partial charge < -0.3 is 14.4 Å². The van der Waals surface area contributed by atoms with E-state index in [1.165, 1.54) is 70.5 Å². The molecule has 0 saturated heterocycles. The van der Waals surface area contributed by atoms with E-state index in [2.05, 4.69) is 4.98 Å². The lowest BCUT2D eigenvalue weighted by Gasteiger charge is -2.28. The first-order chi connectivity index (χ1) is 21.8. The van der Waals surface area contributed by atoms with Crippen LogP contribution in [0.3, 0.4) is 0 Å². The molecular formula is C34H38FN5O7. The van der Waals surface area contributed by atoms with Crippen LogP contribution >= 0.6 is 0 Å². The van der Waals surface area contributed by atoms with E-state index in [-0.39, 0.29) is 23.6 Å². The summed E-state index contributed by atoms with van der Waals surface area (Å²) in [6, 6.07) is 12.7. The Balaban J connectivity index is 1.83. The standard InChI is InChI=1S/C34H38FN5O7/c1-20-17-27-25(36-29(20)40(31(44)46-33(3,4)5)32(45)47-34(6,7)8)18-24(39(27)21(2)41)19-38-26(11-10-12-28(38)42)30(43)37(9)23-15-13-22(35)14-16-23/h10-18H,19H2,1-9H3. The number of hydrogen-bond acceptors (Lipinski definition) is 8. The van der Waals surface area contributed by atoms with Crippen LogP contribution in [0.2, 0.25) is 0 Å². The van der Waals surface area contributed by atoms with Crippen LogP contribution in [0.25, 0.3) is 11.0 Å². The van der Waals surface area contributed by atoms with Gasteiger partial charge in [-0.25, -0.2) is 19.0 Å². The summed E-state index contributed by atoms with van der Waals surface area (Å²) < 4.78 is 27.1. The number of hydrogen-bond donors (Lipinski definition) is 0. The third-order valence-corrected chi connectivity index (χ3v) is 6.81. The number of carbonyl (C=O) groups excluding carboxylic acids is 4. The minimum atomic E-state index is -1.00. The molecule has 0 aliphatic rings. The van der Waals surface area contributed by atoms with E-state index in [9.17, 15) is 28.4 Å². The summed E-state index contributed by atoms with van der Waals surface area (Å²) in [4.78, 5) is 72.9. The van der Waals surface area contributed by atoms with Gasteiger partial charge in [0.05, 0.1) is 17.6 Å². The number of benzene rings is 1. The number of rotatable bonds is 5. The first kappa shape index (κ1) is 34.5. The number of imide groups is 1. The minimum Gasteiger partial charge on any atom is -0.443 e. The van der Waals surface area contributed by atoms with Crippen molar-refractivity contribution in [2.75, 3.05) is 16.8 Å². The van der Waals surface area contributed by atoms with Crippen molar-refractivity contribution in [3.8, 4) is 0 Å². The minimum absolute atomic E-state index is 0.0236. The zero-order valence-corrected chi connectivity index (χ0v) is 27.9. The molecule has 0 unspecified atom stereocenters. The summed E-state index contributed by atoms with van der Waals surface area (Å²) in [7, 11) is 1.50. The summed E-state index contributed by atoms with van der Waals surface area (Å²) in [5, 5.41) is 0. The Kier molecular flexibility index (Phi) is 9.42. The molecule has 13 heteroatoms. The van der Waals surface area contributed by atoms with Gasteiger partial charge in [0.25, 0.3) is 11.5 Å². The molecule has 0 spiro atoms. The number of ether oxygens (including phenoxy) is 2. The fourth-order valence-corrected chi connectivity index (χ4v) is 4.83. The van der Waals surface area contributed by atoms with Crippen LogP contribution in [-0.2, 0) is 16.0 Å². The van der Waals surface area contributed by atoms with Crippen LogP contribution in [-0.4, -0.2) is 56.4 Å². The Hall–Kier alpha value is -5.33. The fourth-order valence-electron chi connectivity index (χ4n) is 4.83. The van der Waals surface area contributed by atoms with Crippen molar-refractivity contribution < 1.29 is 33.0 Å². The molecule has 0 fully saturated rings. The van der Waals surface area contributed by atoms with Crippen LogP contribution in [0.1, 0.15) is 75.0 Å². The number of aryl methyl sites for hydroxylation is 1. The highest BCUT2D eigenvalue weighted by atomic mass is 19.1. The maximum atomic E-state index is 13.6. The number of carbonyl (C=O) groups is 4. The average molecular weight is 648 g/mol. The molecule has 0 radical (unpaired) electrons. The summed E-state index contributed by atoms with van der Waals surface area (Å²) >= 11 is 0. The molecule has 47 heavy (non-hydrogen) atoms. The molecule has 1 aromatic carbocycles. The van der Waals surface area contributed by atoms with Crippen molar-refractivity contribution in [3.63, 3.8) is 0 Å². The van der Waals surface area contributed by atoms with E-state index in [0.29, 0.717) is 27.4 Å². The molecule has 3 heterocycles. The largest absolute Gasteiger partial charge is 0.443 e. The van der Waals surface area contributed by atoms with Crippen LogP contribution in [0.5, 0.6) is 0 Å². The van der Waals surface area contributed by atoms with Crippen molar-refractivity contribution in [2.45, 2.75) is 73.1 Å². The summed E-state index contributed by atoms with van der Waals surface area (Å²) in [6.07, 6.45) is -2.01. The molecule has 0 aliphatic carbocycles. The molecule has 3 aromatic heterocycles. The van der Waals surface area contributed by atoms with Gasteiger partial charge in [0, 0.05) is 31.4 Å². The van der Waals surface area contributed by atoms with E-state index in [4.69, 9.17) is 9.47 Å². The first-order valence-electron chi connectivity index (χ1n) is 14.8. The van der Waals surface area contributed by atoms with Gasteiger partial charge in [0.1, 0.15) is 22.7 Å². The molecule has 3 amide bonds. The Morgan fingerprint density at radius 3 is 2.00 bits per heavy atom. The van der Waals surface area contributed by atoms with Crippen LogP contribution < -0.4 is 15.4 Å². The highest BCUT2D eigenvalue weighted by Crippen LogP contribution is 2.29. The SMILES string of the molecule is CC(=O)n1c(Cn2c(C(=O)N(C)c3ccc(F)cc3)cccc2=O)cc2nc(N(C(=O)OC(C)(C)C)C(=O)OC(C)(C)C)c(C)cc21. The number of fused-ring (bicyclic) bond motifs is 1. The number of pyridine rings is 2. The van der Waals surface area contributed by atoms with Crippen molar-refractivity contribution in [1.29, 1.82) is 0 Å². The van der Waals surface area contributed by atoms with Crippen LogP contribution in [0, 0.1) is 12.7 Å². The van der Waals surface area contributed by atoms with Crippen molar-refractivity contribution >= 4 is 46.5 Å². The first-order valence-corrected chi connectivity index (χ1v) is 14.8. The van der Waals surface area contributed by atoms with E-state index in [1.807, 2.05) is 0 Å². The van der Waals surface area contributed by atoms with Crippen LogP contribution in [0.4, 0.5) is 25.5 Å². The van der Waals surface area contributed by atoms with Crippen LogP contribution in [0.15, 0.2) is 59.4 Å². The van der Waals surface area contributed by atoms with Crippen molar-refractivity contribution in [3.05, 3.63) is 87.7 Å². The molecule has 12 nitrogen and oxygen atoms in total. The molecule has 0 N–H and O–H groups in total. The third-order valence-electron chi connectivity index (χ3n) is 6.81. The predicted molar refractivity (Wildman–Crippen MR) is 175 cm³/mol. The van der Waals surface area contributed by atoms with Crippen molar-refractivity contribution in [2.24, 2.45) is 0 Å². The second kappa shape index (κ2) is 12.8. The predicted octanol–water partition coefficient (Wildman–Crippen LogP) is 6.31. The maximum absolute atomic E-state index is 13.6. The Morgan fingerprint density at radius 1 is 0.894 bits per heavy atom. The number of nitrogens with zero attached hydrogens (tertiary/aromatic N) is 5. The van der Waals surface area contributed by atoms with E-state index in [0.717, 1.165) is 0 Å². The molecule has 4 aromatic rings. The molecule has 0 saturated carbocycles. The second-order valence-corrected chi connectivity index (χ2v) is 13.0. The third kappa shape index (κ3) is 7.74. The quantitative estimate of drug-likeness (QED) is 0.246. The normalized spacial score (nSPS) is 11.7. The monoisotopic (exact) mass is 647 g/mol. The number of anilines is 2. The van der Waals surface area contributed by atoms with Gasteiger partial charge in [0.15, 0.2) is 5.82 Å². The second-order valence-electron chi connectivity index (χ2n) is 13.0. The smallest absolute Gasteiger partial charge is 0.425 e. The van der Waals surface area contributed by atoms with E-state index in [1.54, 1.807) is 60.6 Å². The zero-order valence-electron chi connectivity index (χ0n) is 27.9. The number of aromatic nitrogens is 3. The van der Waals surface area contributed by atoms with Gasteiger partial charge in [0.2, 0.25) is 5.91 Å². The number of halogens is 1. The number of amides is 3. The molecule has 0 atom stereocenters. The van der Waals surface area contributed by atoms with Gasteiger partial charge in [-0.05, 0) is 96.5 Å². The van der Waals surface area contributed by atoms with Crippen molar-refractivity contribution in [1.82, 2.24) is 14.1 Å². The highest BCUT2D eigenvalue weighted by molar-refractivity contribution is 6.10. The lowest BCUT2D eigenvalue weighted by molar-refractivity contribution is 0.0428. The Morgan fingerprint density at radius 2 is 1.47 bits per heavy atom. The topological polar surface area (TPSA) is 133 Å². The van der Waals surface area contributed by atoms with E-state index < -0.39 is 46.6 Å². The highest BCUT2D eigenvalue weighted by Gasteiger charge is 2.35. The van der Waals surface area contributed by atoms with Gasteiger partial charge in [-0.1, -0.05) is 6.07 Å². The molecule has 4 rings (SSSR count). The Labute approximate surface area is 271 Å². The molecular weight excluding hydrogens is 609 g/mol. The average Bonchev–Trinajstić information content (AvgIpc) is 3.28. The van der Waals surface area contributed by atoms with Gasteiger partial charge >= 0.3 is 12.2 Å². The fraction of sp³-hybridized carbons (Fsp3) is 0.353. The summed E-state index contributed by atoms with van der Waals surface area (Å²) in [5.41, 5.74) is -0.712. The molecule has 248 valence electrons. The summed E-state index contributed by atoms with van der Waals surface area (Å²) in [6.45, 7) is 12.7.